The van der Waals surface area contributed by atoms with Gasteiger partial charge in [0.1, 0.15) is 18.3 Å². The van der Waals surface area contributed by atoms with Crippen molar-refractivity contribution in [1.29, 1.82) is 0 Å². The standard InChI is InChI=1S/C19H24N4O6/c1-12-22-23-18(28-12)14-6-5-9-20-17(14)27-11-13(10-21-19(2,3)4)29-16(26)8-7-15(24)25/h5-9,13,21H,10-11H2,1-4H3,(H,24,25)/b8-7-. The molecular weight excluding hydrogens is 380 g/mol. The maximum Gasteiger partial charge on any atom is 0.331 e. The first-order chi connectivity index (χ1) is 13.6. The second kappa shape index (κ2) is 9.78. The lowest BCUT2D eigenvalue weighted by molar-refractivity contribution is -0.145. The summed E-state index contributed by atoms with van der Waals surface area (Å²) in [5.41, 5.74) is 0.284. The quantitative estimate of drug-likeness (QED) is 0.470. The molecule has 0 bridgehead atoms. The molecule has 10 nitrogen and oxygen atoms in total. The van der Waals surface area contributed by atoms with Crippen molar-refractivity contribution < 1.29 is 28.6 Å². The first-order valence-electron chi connectivity index (χ1n) is 8.89. The molecule has 0 fully saturated rings. The van der Waals surface area contributed by atoms with Crippen molar-refractivity contribution in [2.75, 3.05) is 13.2 Å². The van der Waals surface area contributed by atoms with E-state index >= 15 is 0 Å². The van der Waals surface area contributed by atoms with E-state index in [2.05, 4.69) is 20.5 Å². The van der Waals surface area contributed by atoms with Crippen molar-refractivity contribution in [3.8, 4) is 17.3 Å². The van der Waals surface area contributed by atoms with Crippen LogP contribution in [0.1, 0.15) is 26.7 Å². The first kappa shape index (κ1) is 22.0. The Balaban J connectivity index is 2.10. The van der Waals surface area contributed by atoms with Crippen molar-refractivity contribution in [3.05, 3.63) is 36.4 Å². The molecule has 0 radical (unpaired) electrons. The van der Waals surface area contributed by atoms with Gasteiger partial charge in [0.25, 0.3) is 5.89 Å². The molecule has 156 valence electrons. The van der Waals surface area contributed by atoms with Gasteiger partial charge in [-0.1, -0.05) is 0 Å². The van der Waals surface area contributed by atoms with E-state index in [1.165, 1.54) is 0 Å². The maximum atomic E-state index is 11.9. The van der Waals surface area contributed by atoms with Crippen LogP contribution in [0.5, 0.6) is 5.88 Å². The number of carbonyl (C=O) groups excluding carboxylic acids is 1. The van der Waals surface area contributed by atoms with Gasteiger partial charge < -0.3 is 24.3 Å². The van der Waals surface area contributed by atoms with Crippen LogP contribution < -0.4 is 10.1 Å². The van der Waals surface area contributed by atoms with Crippen LogP contribution in [-0.4, -0.2) is 57.0 Å². The number of esters is 1. The monoisotopic (exact) mass is 404 g/mol. The SMILES string of the molecule is Cc1nnc(-c2cccnc2OCC(CNC(C)(C)C)OC(=O)/C=C\C(=O)O)o1. The van der Waals surface area contributed by atoms with E-state index in [0.717, 1.165) is 6.08 Å². The van der Waals surface area contributed by atoms with Gasteiger partial charge in [-0.2, -0.15) is 0 Å². The molecule has 2 rings (SSSR count). The lowest BCUT2D eigenvalue weighted by Gasteiger charge is -2.25. The Labute approximate surface area is 167 Å². The number of pyridine rings is 1. The third-order valence-corrected chi connectivity index (χ3v) is 3.44. The molecule has 2 N–H and O–H groups in total. The van der Waals surface area contributed by atoms with E-state index in [0.29, 0.717) is 17.5 Å². The number of hydrogen-bond acceptors (Lipinski definition) is 9. The van der Waals surface area contributed by atoms with Crippen molar-refractivity contribution in [2.24, 2.45) is 0 Å². The number of hydrogen-bond donors (Lipinski definition) is 2. The van der Waals surface area contributed by atoms with E-state index in [9.17, 15) is 9.59 Å². The largest absolute Gasteiger partial charge is 0.478 e. The Hall–Kier alpha value is -3.27. The topological polar surface area (TPSA) is 137 Å². The van der Waals surface area contributed by atoms with Crippen LogP contribution in [0.3, 0.4) is 0 Å². The van der Waals surface area contributed by atoms with Gasteiger partial charge in [0.2, 0.25) is 11.8 Å². The maximum absolute atomic E-state index is 11.9. The molecule has 0 saturated carbocycles. The van der Waals surface area contributed by atoms with Crippen LogP contribution in [-0.2, 0) is 14.3 Å². The molecular formula is C19H24N4O6. The Kier molecular flexibility index (Phi) is 7.43. The fourth-order valence-corrected chi connectivity index (χ4v) is 2.14. The second-order valence-corrected chi connectivity index (χ2v) is 7.15. The molecule has 1 atom stereocenters. The highest BCUT2D eigenvalue weighted by Gasteiger charge is 2.20. The molecule has 2 heterocycles. The van der Waals surface area contributed by atoms with Crippen LogP contribution >= 0.6 is 0 Å². The summed E-state index contributed by atoms with van der Waals surface area (Å²) in [6, 6.07) is 3.43. The summed E-state index contributed by atoms with van der Waals surface area (Å²) >= 11 is 0. The molecule has 0 aliphatic carbocycles. The molecule has 0 aliphatic heterocycles. The first-order valence-corrected chi connectivity index (χ1v) is 8.89. The molecule has 0 aromatic carbocycles. The number of carboxylic acid groups (broad SMARTS) is 1. The predicted molar refractivity (Wildman–Crippen MR) is 102 cm³/mol. The average Bonchev–Trinajstić information content (AvgIpc) is 3.08. The van der Waals surface area contributed by atoms with E-state index in [1.807, 2.05) is 20.8 Å². The average molecular weight is 404 g/mol. The third kappa shape index (κ3) is 7.70. The fraction of sp³-hybridized carbons (Fsp3) is 0.421. The Bertz CT molecular complexity index is 872. The minimum atomic E-state index is -1.24. The van der Waals surface area contributed by atoms with E-state index in [-0.39, 0.29) is 30.5 Å². The van der Waals surface area contributed by atoms with Crippen LogP contribution in [0.15, 0.2) is 34.9 Å². The van der Waals surface area contributed by atoms with Crippen LogP contribution in [0.2, 0.25) is 0 Å². The van der Waals surface area contributed by atoms with Crippen LogP contribution in [0.4, 0.5) is 0 Å². The van der Waals surface area contributed by atoms with Crippen LogP contribution in [0.25, 0.3) is 11.5 Å². The summed E-state index contributed by atoms with van der Waals surface area (Å²) in [4.78, 5) is 26.6. The normalized spacial score (nSPS) is 12.7. The van der Waals surface area contributed by atoms with Crippen LogP contribution in [0, 0.1) is 6.92 Å². The molecule has 0 amide bonds. The van der Waals surface area contributed by atoms with Gasteiger partial charge in [-0.3, -0.25) is 0 Å². The highest BCUT2D eigenvalue weighted by Crippen LogP contribution is 2.26. The van der Waals surface area contributed by atoms with Gasteiger partial charge in [-0.15, -0.1) is 10.2 Å². The number of aromatic nitrogens is 3. The van der Waals surface area contributed by atoms with Gasteiger partial charge in [-0.05, 0) is 32.9 Å². The molecule has 29 heavy (non-hydrogen) atoms. The van der Waals surface area contributed by atoms with Crippen molar-refractivity contribution in [1.82, 2.24) is 20.5 Å². The minimum absolute atomic E-state index is 0.0210. The van der Waals surface area contributed by atoms with Crippen molar-refractivity contribution in [3.63, 3.8) is 0 Å². The zero-order valence-electron chi connectivity index (χ0n) is 16.7. The van der Waals surface area contributed by atoms with Crippen molar-refractivity contribution in [2.45, 2.75) is 39.3 Å². The van der Waals surface area contributed by atoms with Gasteiger partial charge in [-0.25, -0.2) is 14.6 Å². The zero-order chi connectivity index (χ0) is 21.4. The lowest BCUT2D eigenvalue weighted by Crippen LogP contribution is -2.44. The summed E-state index contributed by atoms with van der Waals surface area (Å²) < 4.78 is 16.5. The van der Waals surface area contributed by atoms with E-state index < -0.39 is 18.0 Å². The number of nitrogens with zero attached hydrogens (tertiary/aromatic N) is 3. The van der Waals surface area contributed by atoms with E-state index in [1.54, 1.807) is 25.3 Å². The highest BCUT2D eigenvalue weighted by atomic mass is 16.6. The number of aliphatic carboxylic acids is 1. The number of carboxylic acids is 1. The fourth-order valence-electron chi connectivity index (χ4n) is 2.14. The van der Waals surface area contributed by atoms with Gasteiger partial charge in [0, 0.05) is 37.4 Å². The number of ether oxygens (including phenoxy) is 2. The van der Waals surface area contributed by atoms with Gasteiger partial charge in [0.15, 0.2) is 0 Å². The third-order valence-electron chi connectivity index (χ3n) is 3.44. The second-order valence-electron chi connectivity index (χ2n) is 7.15. The zero-order valence-corrected chi connectivity index (χ0v) is 16.7. The summed E-state index contributed by atoms with van der Waals surface area (Å²) in [6.45, 7) is 7.83. The minimum Gasteiger partial charge on any atom is -0.478 e. The van der Waals surface area contributed by atoms with Gasteiger partial charge in [0.05, 0.1) is 0 Å². The molecule has 0 spiro atoms. The molecule has 0 aliphatic rings. The summed E-state index contributed by atoms with van der Waals surface area (Å²) in [5, 5.41) is 19.6. The van der Waals surface area contributed by atoms with Crippen molar-refractivity contribution >= 4 is 11.9 Å². The number of carbonyl (C=O) groups is 2. The molecule has 10 heteroatoms. The number of aryl methyl sites for hydroxylation is 1. The van der Waals surface area contributed by atoms with Gasteiger partial charge >= 0.3 is 11.9 Å². The Morgan fingerprint density at radius 3 is 2.69 bits per heavy atom. The summed E-state index contributed by atoms with van der Waals surface area (Å²) in [6.07, 6.45) is 2.41. The summed E-state index contributed by atoms with van der Waals surface area (Å²) in [7, 11) is 0. The highest BCUT2D eigenvalue weighted by molar-refractivity contribution is 5.90. The number of rotatable bonds is 9. The Morgan fingerprint density at radius 1 is 1.31 bits per heavy atom. The molecule has 2 aromatic rings. The molecule has 2 aromatic heterocycles. The predicted octanol–water partition coefficient (Wildman–Crippen LogP) is 1.76. The Morgan fingerprint density at radius 2 is 2.07 bits per heavy atom. The lowest BCUT2D eigenvalue weighted by atomic mass is 10.1. The molecule has 1 unspecified atom stereocenters. The summed E-state index contributed by atoms with van der Waals surface area (Å²) in [5.74, 6) is -1.12. The number of nitrogens with one attached hydrogen (secondary N) is 1. The van der Waals surface area contributed by atoms with E-state index in [4.69, 9.17) is 19.0 Å². The smallest absolute Gasteiger partial charge is 0.331 e. The molecule has 0 saturated heterocycles.